The molecule has 1 heterocycles. The molecular formula is C30H20S. The van der Waals surface area contributed by atoms with Crippen LogP contribution in [-0.4, -0.2) is 0 Å². The molecule has 7 aromatic rings. The number of hydrogen-bond acceptors (Lipinski definition) is 1. The summed E-state index contributed by atoms with van der Waals surface area (Å²) >= 11 is 1.91. The summed E-state index contributed by atoms with van der Waals surface area (Å²) in [7, 11) is 0. The van der Waals surface area contributed by atoms with Crippen molar-refractivity contribution in [2.75, 3.05) is 0 Å². The van der Waals surface area contributed by atoms with Crippen molar-refractivity contribution in [3.63, 3.8) is 0 Å². The van der Waals surface area contributed by atoms with Crippen molar-refractivity contribution in [2.24, 2.45) is 0 Å². The molecule has 0 aliphatic rings. The molecular weight excluding hydrogens is 392 g/mol. The smallest absolute Gasteiger partial charge is 0.0361 e. The van der Waals surface area contributed by atoms with Crippen LogP contribution >= 0.6 is 11.3 Å². The van der Waals surface area contributed by atoms with Gasteiger partial charge in [0.2, 0.25) is 0 Å². The highest BCUT2D eigenvalue weighted by Crippen LogP contribution is 2.40. The summed E-state index contributed by atoms with van der Waals surface area (Å²) in [5.74, 6) is 0. The van der Waals surface area contributed by atoms with Gasteiger partial charge >= 0.3 is 0 Å². The first-order valence-corrected chi connectivity index (χ1v) is 11.6. The van der Waals surface area contributed by atoms with Gasteiger partial charge in [0.05, 0.1) is 0 Å². The Morgan fingerprint density at radius 2 is 0.774 bits per heavy atom. The third-order valence-corrected chi connectivity index (χ3v) is 7.72. The standard InChI is InChI=1S/C30H20S/c1-17-3-5-19-9-25-15-29-27(13-23(25)11-21(19)7-17)28-14-24-12-22-8-18(2)4-6-20(22)10-26(24)16-30(28)31-29/h3-16H,1-2H3. The quantitative estimate of drug-likeness (QED) is 0.218. The molecule has 0 saturated heterocycles. The maximum Gasteiger partial charge on any atom is 0.0361 e. The fourth-order valence-electron chi connectivity index (χ4n) is 5.00. The maximum atomic E-state index is 2.39. The molecule has 146 valence electrons. The van der Waals surface area contributed by atoms with Crippen LogP contribution in [0.2, 0.25) is 0 Å². The van der Waals surface area contributed by atoms with Gasteiger partial charge in [-0.3, -0.25) is 0 Å². The first kappa shape index (κ1) is 17.3. The molecule has 0 spiro atoms. The second-order valence-corrected chi connectivity index (χ2v) is 9.98. The summed E-state index contributed by atoms with van der Waals surface area (Å²) < 4.78 is 2.73. The van der Waals surface area contributed by atoms with Crippen LogP contribution in [0.1, 0.15) is 11.1 Å². The Labute approximate surface area is 184 Å². The summed E-state index contributed by atoms with van der Waals surface area (Å²) in [4.78, 5) is 0. The van der Waals surface area contributed by atoms with E-state index in [0.29, 0.717) is 0 Å². The van der Waals surface area contributed by atoms with Gasteiger partial charge in [-0.2, -0.15) is 0 Å². The van der Waals surface area contributed by atoms with E-state index in [-0.39, 0.29) is 0 Å². The lowest BCUT2D eigenvalue weighted by Gasteiger charge is -2.05. The Kier molecular flexibility index (Phi) is 3.38. The average molecular weight is 413 g/mol. The molecule has 0 nitrogen and oxygen atoms in total. The van der Waals surface area contributed by atoms with Gasteiger partial charge in [0.25, 0.3) is 0 Å². The molecule has 0 aliphatic carbocycles. The molecule has 0 atom stereocenters. The van der Waals surface area contributed by atoms with Crippen LogP contribution in [-0.2, 0) is 0 Å². The lowest BCUT2D eigenvalue weighted by molar-refractivity contribution is 1.51. The molecule has 0 radical (unpaired) electrons. The average Bonchev–Trinajstić information content (AvgIpc) is 3.09. The van der Waals surface area contributed by atoms with Gasteiger partial charge < -0.3 is 0 Å². The van der Waals surface area contributed by atoms with E-state index < -0.39 is 0 Å². The number of benzene rings is 6. The molecule has 1 heteroatoms. The molecule has 6 aromatic carbocycles. The van der Waals surface area contributed by atoms with Gasteiger partial charge in [0, 0.05) is 20.2 Å². The molecule has 0 saturated carbocycles. The molecule has 0 N–H and O–H groups in total. The van der Waals surface area contributed by atoms with E-state index in [2.05, 4.69) is 98.8 Å². The summed E-state index contributed by atoms with van der Waals surface area (Å²) in [5, 5.41) is 13.3. The number of aryl methyl sites for hydroxylation is 2. The summed E-state index contributed by atoms with van der Waals surface area (Å²) in [5.41, 5.74) is 2.62. The van der Waals surface area contributed by atoms with Gasteiger partial charge in [-0.15, -0.1) is 11.3 Å². The third-order valence-electron chi connectivity index (χ3n) is 6.61. The predicted octanol–water partition coefficient (Wildman–Crippen LogP) is 9.28. The zero-order valence-corrected chi connectivity index (χ0v) is 18.3. The Balaban J connectivity index is 1.56. The van der Waals surface area contributed by atoms with E-state index in [0.717, 1.165) is 0 Å². The molecule has 0 bridgehead atoms. The summed E-state index contributed by atoms with van der Waals surface area (Å²) in [6, 6.07) is 32.3. The zero-order valence-electron chi connectivity index (χ0n) is 17.5. The summed E-state index contributed by atoms with van der Waals surface area (Å²) in [6.45, 7) is 4.32. The highest BCUT2D eigenvalue weighted by atomic mass is 32.1. The molecule has 0 aliphatic heterocycles. The van der Waals surface area contributed by atoms with Crippen molar-refractivity contribution >= 4 is 74.6 Å². The van der Waals surface area contributed by atoms with Crippen LogP contribution in [0.15, 0.2) is 84.9 Å². The molecule has 1 aromatic heterocycles. The molecule has 31 heavy (non-hydrogen) atoms. The van der Waals surface area contributed by atoms with Gasteiger partial charge in [-0.25, -0.2) is 0 Å². The Morgan fingerprint density at radius 3 is 1.26 bits per heavy atom. The van der Waals surface area contributed by atoms with Crippen LogP contribution in [0.25, 0.3) is 63.3 Å². The largest absolute Gasteiger partial charge is 0.135 e. The first-order chi connectivity index (χ1) is 15.1. The minimum Gasteiger partial charge on any atom is -0.135 e. The minimum atomic E-state index is 1.31. The summed E-state index contributed by atoms with van der Waals surface area (Å²) in [6.07, 6.45) is 0. The SMILES string of the molecule is Cc1ccc2cc3cc4sc5cc6cc7ccc(C)cc7cc6cc5c4cc3cc2c1. The van der Waals surface area contributed by atoms with E-state index in [1.807, 2.05) is 11.3 Å². The van der Waals surface area contributed by atoms with E-state index in [1.54, 1.807) is 0 Å². The third kappa shape index (κ3) is 2.60. The second-order valence-electron chi connectivity index (χ2n) is 8.90. The molecule has 0 amide bonds. The first-order valence-electron chi connectivity index (χ1n) is 10.8. The van der Waals surface area contributed by atoms with Gasteiger partial charge in [0.15, 0.2) is 0 Å². The van der Waals surface area contributed by atoms with Crippen molar-refractivity contribution < 1.29 is 0 Å². The molecule has 7 rings (SSSR count). The minimum absolute atomic E-state index is 1.31. The number of thiophene rings is 1. The number of hydrogen-bond donors (Lipinski definition) is 0. The fraction of sp³-hybridized carbons (Fsp3) is 0.0667. The number of rotatable bonds is 0. The zero-order chi connectivity index (χ0) is 20.7. The normalized spacial score (nSPS) is 12.2. The Bertz CT molecular complexity index is 1710. The van der Waals surface area contributed by atoms with Crippen molar-refractivity contribution in [1.29, 1.82) is 0 Å². The van der Waals surface area contributed by atoms with Crippen molar-refractivity contribution in [3.8, 4) is 0 Å². The van der Waals surface area contributed by atoms with Crippen LogP contribution in [0.3, 0.4) is 0 Å². The maximum absolute atomic E-state index is 2.39. The molecule has 0 unspecified atom stereocenters. The topological polar surface area (TPSA) is 0 Å². The lowest BCUT2D eigenvalue weighted by atomic mass is 9.98. The predicted molar refractivity (Wildman–Crippen MR) is 139 cm³/mol. The van der Waals surface area contributed by atoms with Gasteiger partial charge in [-0.1, -0.05) is 47.5 Å². The van der Waals surface area contributed by atoms with Crippen molar-refractivity contribution in [2.45, 2.75) is 13.8 Å². The van der Waals surface area contributed by atoms with Crippen LogP contribution in [0, 0.1) is 13.8 Å². The van der Waals surface area contributed by atoms with Crippen molar-refractivity contribution in [3.05, 3.63) is 96.1 Å². The van der Waals surface area contributed by atoms with Crippen molar-refractivity contribution in [1.82, 2.24) is 0 Å². The highest BCUT2D eigenvalue weighted by molar-refractivity contribution is 7.26. The highest BCUT2D eigenvalue weighted by Gasteiger charge is 2.10. The van der Waals surface area contributed by atoms with Crippen LogP contribution in [0.4, 0.5) is 0 Å². The lowest BCUT2D eigenvalue weighted by Crippen LogP contribution is -1.79. The van der Waals surface area contributed by atoms with Gasteiger partial charge in [0.1, 0.15) is 0 Å². The van der Waals surface area contributed by atoms with E-state index in [1.165, 1.54) is 74.4 Å². The fourth-order valence-corrected chi connectivity index (χ4v) is 6.17. The molecule has 0 fully saturated rings. The van der Waals surface area contributed by atoms with Crippen LogP contribution < -0.4 is 0 Å². The monoisotopic (exact) mass is 412 g/mol. The van der Waals surface area contributed by atoms with Gasteiger partial charge in [-0.05, 0) is 105 Å². The van der Waals surface area contributed by atoms with E-state index >= 15 is 0 Å². The van der Waals surface area contributed by atoms with Crippen LogP contribution in [0.5, 0.6) is 0 Å². The van der Waals surface area contributed by atoms with E-state index in [4.69, 9.17) is 0 Å². The Hall–Kier alpha value is -3.42. The van der Waals surface area contributed by atoms with E-state index in [9.17, 15) is 0 Å². The second kappa shape index (κ2) is 6.06. The number of fused-ring (bicyclic) bond motifs is 7. The Morgan fingerprint density at radius 1 is 0.387 bits per heavy atom.